The molecule has 0 amide bonds. The molecule has 25 heavy (non-hydrogen) atoms. The van der Waals surface area contributed by atoms with E-state index in [1.165, 1.54) is 43.7 Å². The van der Waals surface area contributed by atoms with Crippen LogP contribution in [0.5, 0.6) is 5.75 Å². The van der Waals surface area contributed by atoms with Gasteiger partial charge >= 0.3 is 0 Å². The van der Waals surface area contributed by atoms with Crippen LogP contribution in [-0.2, 0) is 0 Å². The van der Waals surface area contributed by atoms with E-state index in [-0.39, 0.29) is 5.75 Å². The molecule has 1 unspecified atom stereocenters. The molecule has 2 aliphatic carbocycles. The number of benzene rings is 1. The Labute approximate surface area is 149 Å². The van der Waals surface area contributed by atoms with Crippen LogP contribution in [0.15, 0.2) is 36.4 Å². The van der Waals surface area contributed by atoms with Crippen LogP contribution in [0, 0.1) is 36.3 Å². The molecule has 3 heteroatoms. The summed E-state index contributed by atoms with van der Waals surface area (Å²) in [5.41, 5.74) is 1.51. The largest absolute Gasteiger partial charge is 0.486 e. The van der Waals surface area contributed by atoms with Crippen LogP contribution < -0.4 is 4.74 Å². The Kier molecular flexibility index (Phi) is 5.93. The van der Waals surface area contributed by atoms with Gasteiger partial charge in [-0.15, -0.1) is 6.58 Å². The van der Waals surface area contributed by atoms with Crippen molar-refractivity contribution in [3.05, 3.63) is 53.6 Å². The first kappa shape index (κ1) is 18.2. The lowest BCUT2D eigenvalue weighted by Crippen LogP contribution is -2.23. The van der Waals surface area contributed by atoms with Crippen LogP contribution in [0.1, 0.15) is 50.5 Å². The van der Waals surface area contributed by atoms with Gasteiger partial charge in [0.15, 0.2) is 11.6 Å². The predicted molar refractivity (Wildman–Crippen MR) is 97.7 cm³/mol. The normalized spacial score (nSPS) is 26.8. The molecule has 2 aliphatic rings. The van der Waals surface area contributed by atoms with E-state index < -0.39 is 11.6 Å². The molecule has 0 saturated heterocycles. The van der Waals surface area contributed by atoms with Crippen molar-refractivity contribution < 1.29 is 13.5 Å². The summed E-state index contributed by atoms with van der Waals surface area (Å²) in [7, 11) is 0. The van der Waals surface area contributed by atoms with Crippen molar-refractivity contribution in [2.45, 2.75) is 51.9 Å². The molecule has 1 atom stereocenters. The summed E-state index contributed by atoms with van der Waals surface area (Å²) in [6.07, 6.45) is 12.8. The molecule has 0 aromatic heterocycles. The molecule has 136 valence electrons. The minimum Gasteiger partial charge on any atom is -0.486 e. The van der Waals surface area contributed by atoms with Gasteiger partial charge in [0, 0.05) is 0 Å². The Morgan fingerprint density at radius 1 is 1.08 bits per heavy atom. The summed E-state index contributed by atoms with van der Waals surface area (Å²) in [5, 5.41) is 0. The smallest absolute Gasteiger partial charge is 0.200 e. The van der Waals surface area contributed by atoms with Gasteiger partial charge in [-0.25, -0.2) is 4.39 Å². The fraction of sp³-hybridized carbons (Fsp3) is 0.545. The zero-order chi connectivity index (χ0) is 17.8. The van der Waals surface area contributed by atoms with Crippen molar-refractivity contribution in [3.8, 4) is 5.75 Å². The maximum Gasteiger partial charge on any atom is 0.200 e. The van der Waals surface area contributed by atoms with Crippen LogP contribution in [0.2, 0.25) is 0 Å². The minimum atomic E-state index is -0.881. The van der Waals surface area contributed by atoms with E-state index in [2.05, 4.69) is 18.7 Å². The molecule has 0 bridgehead atoms. The van der Waals surface area contributed by atoms with E-state index in [1.807, 2.05) is 0 Å². The lowest BCUT2D eigenvalue weighted by Gasteiger charge is -2.34. The number of ether oxygens (including phenoxy) is 1. The number of allylic oxidation sites excluding steroid dienone is 2. The molecule has 1 aromatic carbocycles. The van der Waals surface area contributed by atoms with E-state index in [0.717, 1.165) is 24.7 Å². The number of hydrogen-bond donors (Lipinski definition) is 0. The van der Waals surface area contributed by atoms with Crippen molar-refractivity contribution in [1.82, 2.24) is 0 Å². The first-order valence-electron chi connectivity index (χ1n) is 9.46. The highest BCUT2D eigenvalue weighted by atomic mass is 19.2. The molecule has 3 rings (SSSR count). The highest BCUT2D eigenvalue weighted by molar-refractivity contribution is 5.30. The van der Waals surface area contributed by atoms with Crippen LogP contribution in [0.4, 0.5) is 8.78 Å². The average molecular weight is 346 g/mol. The third-order valence-corrected chi connectivity index (χ3v) is 6.02. The van der Waals surface area contributed by atoms with Crippen molar-refractivity contribution in [2.75, 3.05) is 6.61 Å². The maximum atomic E-state index is 13.9. The van der Waals surface area contributed by atoms with E-state index >= 15 is 0 Å². The average Bonchev–Trinajstić information content (AvgIpc) is 2.66. The SMILES string of the molecule is C=CC1CCC(C2CC=C(COc3ccc(C)c(F)c3F)CC2)CC1. The highest BCUT2D eigenvalue weighted by Gasteiger charge is 2.27. The highest BCUT2D eigenvalue weighted by Crippen LogP contribution is 2.39. The third kappa shape index (κ3) is 4.31. The van der Waals surface area contributed by atoms with E-state index in [0.29, 0.717) is 18.1 Å². The molecule has 0 heterocycles. The van der Waals surface area contributed by atoms with Crippen molar-refractivity contribution in [3.63, 3.8) is 0 Å². The van der Waals surface area contributed by atoms with E-state index in [4.69, 9.17) is 4.74 Å². The summed E-state index contributed by atoms with van der Waals surface area (Å²) in [6.45, 7) is 5.83. The molecule has 1 nitrogen and oxygen atoms in total. The first-order valence-corrected chi connectivity index (χ1v) is 9.46. The number of hydrogen-bond acceptors (Lipinski definition) is 1. The Bertz CT molecular complexity index is 642. The standard InChI is InChI=1S/C22H28F2O/c1-3-16-5-9-18(10-6-16)19-11-7-17(8-12-19)14-25-20-13-4-15(2)21(23)22(20)24/h3-4,7,13,16,18-19H,1,5-6,8-12,14H2,2H3. The summed E-state index contributed by atoms with van der Waals surface area (Å²) < 4.78 is 33.0. The second-order valence-electron chi connectivity index (χ2n) is 7.60. The van der Waals surface area contributed by atoms with Crippen molar-refractivity contribution in [1.29, 1.82) is 0 Å². The quantitative estimate of drug-likeness (QED) is 0.563. The monoisotopic (exact) mass is 346 g/mol. The number of rotatable bonds is 5. The fourth-order valence-electron chi connectivity index (χ4n) is 4.23. The van der Waals surface area contributed by atoms with Gasteiger partial charge in [-0.2, -0.15) is 4.39 Å². The molecular weight excluding hydrogens is 318 g/mol. The van der Waals surface area contributed by atoms with Crippen LogP contribution in [0.3, 0.4) is 0 Å². The fourth-order valence-corrected chi connectivity index (χ4v) is 4.23. The van der Waals surface area contributed by atoms with Gasteiger partial charge in [0.05, 0.1) is 0 Å². The van der Waals surface area contributed by atoms with Crippen LogP contribution in [0.25, 0.3) is 0 Å². The molecule has 1 fully saturated rings. The molecular formula is C22H28F2O. The van der Waals surface area contributed by atoms with Gasteiger partial charge in [-0.3, -0.25) is 0 Å². The minimum absolute atomic E-state index is 0.00821. The van der Waals surface area contributed by atoms with Gasteiger partial charge in [0.2, 0.25) is 5.82 Å². The first-order chi connectivity index (χ1) is 12.1. The zero-order valence-electron chi connectivity index (χ0n) is 15.1. The summed E-state index contributed by atoms with van der Waals surface area (Å²) in [5.74, 6) is 0.623. The summed E-state index contributed by atoms with van der Waals surface area (Å²) in [4.78, 5) is 0. The Morgan fingerprint density at radius 2 is 1.84 bits per heavy atom. The number of halogens is 2. The molecule has 0 radical (unpaired) electrons. The second-order valence-corrected chi connectivity index (χ2v) is 7.60. The van der Waals surface area contributed by atoms with Crippen molar-refractivity contribution >= 4 is 0 Å². The molecule has 1 aromatic rings. The Hall–Kier alpha value is -1.64. The zero-order valence-corrected chi connectivity index (χ0v) is 15.1. The predicted octanol–water partition coefficient (Wildman–Crippen LogP) is 6.37. The Morgan fingerprint density at radius 3 is 2.48 bits per heavy atom. The number of aryl methyl sites for hydroxylation is 1. The van der Waals surface area contributed by atoms with Gasteiger partial charge in [-0.05, 0) is 86.8 Å². The third-order valence-electron chi connectivity index (χ3n) is 6.02. The molecule has 0 spiro atoms. The maximum absolute atomic E-state index is 13.9. The summed E-state index contributed by atoms with van der Waals surface area (Å²) >= 11 is 0. The van der Waals surface area contributed by atoms with Gasteiger partial charge in [0.1, 0.15) is 6.61 Å². The summed E-state index contributed by atoms with van der Waals surface area (Å²) in [6, 6.07) is 3.07. The topological polar surface area (TPSA) is 9.23 Å². The van der Waals surface area contributed by atoms with Crippen molar-refractivity contribution in [2.24, 2.45) is 17.8 Å². The second kappa shape index (κ2) is 8.16. The molecule has 1 saturated carbocycles. The van der Waals surface area contributed by atoms with Crippen LogP contribution in [-0.4, -0.2) is 6.61 Å². The van der Waals surface area contributed by atoms with Gasteiger partial charge < -0.3 is 4.74 Å². The van der Waals surface area contributed by atoms with Gasteiger partial charge in [-0.1, -0.05) is 18.2 Å². The Balaban J connectivity index is 1.50. The van der Waals surface area contributed by atoms with Crippen LogP contribution >= 0.6 is 0 Å². The lowest BCUT2D eigenvalue weighted by atomic mass is 9.71. The molecule has 0 N–H and O–H groups in total. The van der Waals surface area contributed by atoms with E-state index in [1.54, 1.807) is 13.0 Å². The molecule has 0 aliphatic heterocycles. The lowest BCUT2D eigenvalue weighted by molar-refractivity contribution is 0.206. The van der Waals surface area contributed by atoms with E-state index in [9.17, 15) is 8.78 Å². The van der Waals surface area contributed by atoms with Gasteiger partial charge in [0.25, 0.3) is 0 Å².